The third-order valence-electron chi connectivity index (χ3n) is 4.30. The lowest BCUT2D eigenvalue weighted by atomic mass is 10.1. The van der Waals surface area contributed by atoms with Crippen molar-refractivity contribution in [2.24, 2.45) is 0 Å². The van der Waals surface area contributed by atoms with Gasteiger partial charge >= 0.3 is 0 Å². The van der Waals surface area contributed by atoms with E-state index >= 15 is 0 Å². The number of aromatic nitrogens is 4. The first kappa shape index (κ1) is 15.6. The van der Waals surface area contributed by atoms with Crippen molar-refractivity contribution in [2.75, 3.05) is 0 Å². The van der Waals surface area contributed by atoms with Gasteiger partial charge in [-0.15, -0.1) is 0 Å². The second-order valence-electron chi connectivity index (χ2n) is 6.16. The first-order chi connectivity index (χ1) is 12.2. The SMILES string of the molecule is CCCc1ccn(Cc2c(-c3ccc(F)cc3)nn3cccnc23)c1. The number of benzene rings is 1. The molecule has 3 heterocycles. The third kappa shape index (κ3) is 3.05. The van der Waals surface area contributed by atoms with Gasteiger partial charge < -0.3 is 4.57 Å². The predicted octanol–water partition coefficient (Wildman–Crippen LogP) is 4.34. The van der Waals surface area contributed by atoms with Gasteiger partial charge in [0.2, 0.25) is 0 Å². The molecule has 0 N–H and O–H groups in total. The average Bonchev–Trinajstić information content (AvgIpc) is 3.21. The Morgan fingerprint density at radius 3 is 2.72 bits per heavy atom. The molecule has 3 aromatic heterocycles. The summed E-state index contributed by atoms with van der Waals surface area (Å²) < 4.78 is 17.2. The van der Waals surface area contributed by atoms with Gasteiger partial charge in [-0.05, 0) is 48.4 Å². The van der Waals surface area contributed by atoms with E-state index in [0.717, 1.165) is 35.3 Å². The van der Waals surface area contributed by atoms with E-state index in [-0.39, 0.29) is 5.82 Å². The molecule has 0 aliphatic carbocycles. The Morgan fingerprint density at radius 1 is 1.08 bits per heavy atom. The van der Waals surface area contributed by atoms with Gasteiger partial charge in [0.1, 0.15) is 11.5 Å². The molecule has 0 aliphatic rings. The highest BCUT2D eigenvalue weighted by molar-refractivity contribution is 5.70. The summed E-state index contributed by atoms with van der Waals surface area (Å²) in [5.41, 5.74) is 4.92. The zero-order valence-electron chi connectivity index (χ0n) is 14.1. The van der Waals surface area contributed by atoms with Crippen LogP contribution in [0.15, 0.2) is 61.2 Å². The Morgan fingerprint density at radius 2 is 1.92 bits per heavy atom. The fourth-order valence-electron chi connectivity index (χ4n) is 3.13. The molecule has 0 spiro atoms. The van der Waals surface area contributed by atoms with Gasteiger partial charge in [0.15, 0.2) is 5.65 Å². The molecule has 0 saturated heterocycles. The van der Waals surface area contributed by atoms with E-state index in [4.69, 9.17) is 0 Å². The Bertz CT molecular complexity index is 998. The smallest absolute Gasteiger partial charge is 0.160 e. The zero-order valence-corrected chi connectivity index (χ0v) is 14.1. The molecule has 0 atom stereocenters. The summed E-state index contributed by atoms with van der Waals surface area (Å²) in [5.74, 6) is -0.248. The maximum atomic E-state index is 13.3. The largest absolute Gasteiger partial charge is 0.349 e. The number of rotatable bonds is 5. The second-order valence-corrected chi connectivity index (χ2v) is 6.16. The molecule has 0 radical (unpaired) electrons. The van der Waals surface area contributed by atoms with Crippen LogP contribution in [-0.4, -0.2) is 19.2 Å². The van der Waals surface area contributed by atoms with Crippen molar-refractivity contribution in [2.45, 2.75) is 26.3 Å². The summed E-state index contributed by atoms with van der Waals surface area (Å²) in [6.07, 6.45) is 10.1. The van der Waals surface area contributed by atoms with Crippen LogP contribution >= 0.6 is 0 Å². The first-order valence-electron chi connectivity index (χ1n) is 8.47. The summed E-state index contributed by atoms with van der Waals surface area (Å²) in [6.45, 7) is 2.86. The molecule has 4 nitrogen and oxygen atoms in total. The van der Waals surface area contributed by atoms with Gasteiger partial charge in [-0.1, -0.05) is 13.3 Å². The van der Waals surface area contributed by atoms with Crippen molar-refractivity contribution in [3.63, 3.8) is 0 Å². The van der Waals surface area contributed by atoms with E-state index in [0.29, 0.717) is 6.54 Å². The van der Waals surface area contributed by atoms with Crippen LogP contribution in [0.4, 0.5) is 4.39 Å². The highest BCUT2D eigenvalue weighted by atomic mass is 19.1. The second kappa shape index (κ2) is 6.51. The normalized spacial score (nSPS) is 11.3. The molecule has 4 aromatic rings. The van der Waals surface area contributed by atoms with Crippen LogP contribution in [-0.2, 0) is 13.0 Å². The van der Waals surface area contributed by atoms with Crippen LogP contribution in [0.25, 0.3) is 16.9 Å². The van der Waals surface area contributed by atoms with E-state index < -0.39 is 0 Å². The maximum Gasteiger partial charge on any atom is 0.160 e. The first-order valence-corrected chi connectivity index (χ1v) is 8.47. The molecule has 1 aromatic carbocycles. The van der Waals surface area contributed by atoms with Gasteiger partial charge in [-0.25, -0.2) is 13.9 Å². The minimum absolute atomic E-state index is 0.248. The van der Waals surface area contributed by atoms with E-state index in [9.17, 15) is 4.39 Å². The molecule has 0 aliphatic heterocycles. The van der Waals surface area contributed by atoms with Gasteiger partial charge in [0.25, 0.3) is 0 Å². The number of nitrogens with zero attached hydrogens (tertiary/aromatic N) is 4. The van der Waals surface area contributed by atoms with Crippen LogP contribution < -0.4 is 0 Å². The summed E-state index contributed by atoms with van der Waals surface area (Å²) >= 11 is 0. The van der Waals surface area contributed by atoms with Crippen molar-refractivity contribution in [1.82, 2.24) is 19.2 Å². The summed E-state index contributed by atoms with van der Waals surface area (Å²) in [7, 11) is 0. The molecule has 0 saturated carbocycles. The minimum Gasteiger partial charge on any atom is -0.349 e. The highest BCUT2D eigenvalue weighted by Gasteiger charge is 2.16. The van der Waals surface area contributed by atoms with E-state index in [2.05, 4.69) is 40.0 Å². The van der Waals surface area contributed by atoms with Crippen LogP contribution in [0.5, 0.6) is 0 Å². The monoisotopic (exact) mass is 334 g/mol. The Labute approximate surface area is 145 Å². The Kier molecular flexibility index (Phi) is 4.06. The van der Waals surface area contributed by atoms with E-state index in [1.807, 2.05) is 12.3 Å². The summed E-state index contributed by atoms with van der Waals surface area (Å²) in [4.78, 5) is 4.50. The quantitative estimate of drug-likeness (QED) is 0.544. The van der Waals surface area contributed by atoms with Gasteiger partial charge in [0, 0.05) is 35.9 Å². The van der Waals surface area contributed by atoms with Gasteiger partial charge in [-0.2, -0.15) is 5.10 Å². The summed E-state index contributed by atoms with van der Waals surface area (Å²) in [5, 5.41) is 4.67. The lowest BCUT2D eigenvalue weighted by Gasteiger charge is -2.05. The number of hydrogen-bond acceptors (Lipinski definition) is 2. The lowest BCUT2D eigenvalue weighted by molar-refractivity contribution is 0.628. The zero-order chi connectivity index (χ0) is 17.2. The molecule has 0 unspecified atom stereocenters. The van der Waals surface area contributed by atoms with Crippen molar-refractivity contribution in [3.8, 4) is 11.3 Å². The van der Waals surface area contributed by atoms with E-state index in [1.165, 1.54) is 17.7 Å². The molecule has 0 fully saturated rings. The summed E-state index contributed by atoms with van der Waals surface area (Å²) in [6, 6.07) is 10.5. The molecule has 0 bridgehead atoms. The third-order valence-corrected chi connectivity index (χ3v) is 4.30. The number of aryl methyl sites for hydroxylation is 1. The average molecular weight is 334 g/mol. The molecule has 25 heavy (non-hydrogen) atoms. The molecular weight excluding hydrogens is 315 g/mol. The van der Waals surface area contributed by atoms with Crippen LogP contribution in [0.2, 0.25) is 0 Å². The van der Waals surface area contributed by atoms with Crippen molar-refractivity contribution >= 4 is 5.65 Å². The molecular formula is C20H19FN4. The molecule has 0 amide bonds. The fraction of sp³-hybridized carbons (Fsp3) is 0.200. The lowest BCUT2D eigenvalue weighted by Crippen LogP contribution is -1.99. The Balaban J connectivity index is 1.79. The van der Waals surface area contributed by atoms with Crippen LogP contribution in [0, 0.1) is 5.82 Å². The Hall–Kier alpha value is -2.95. The molecule has 126 valence electrons. The maximum absolute atomic E-state index is 13.3. The molecule has 4 rings (SSSR count). The van der Waals surface area contributed by atoms with Crippen LogP contribution in [0.1, 0.15) is 24.5 Å². The van der Waals surface area contributed by atoms with Gasteiger partial charge in [0.05, 0.1) is 6.54 Å². The van der Waals surface area contributed by atoms with Gasteiger partial charge in [-0.3, -0.25) is 0 Å². The van der Waals surface area contributed by atoms with Crippen molar-refractivity contribution in [1.29, 1.82) is 0 Å². The number of hydrogen-bond donors (Lipinski definition) is 0. The number of fused-ring (bicyclic) bond motifs is 1. The predicted molar refractivity (Wildman–Crippen MR) is 95.9 cm³/mol. The van der Waals surface area contributed by atoms with Crippen molar-refractivity contribution in [3.05, 3.63) is 78.1 Å². The van der Waals surface area contributed by atoms with Crippen LogP contribution in [0.3, 0.4) is 0 Å². The van der Waals surface area contributed by atoms with E-state index in [1.54, 1.807) is 22.8 Å². The molecule has 5 heteroatoms. The standard InChI is InChI=1S/C20H19FN4/c1-2-4-15-9-12-24(13-15)14-18-19(16-5-7-17(21)8-6-16)23-25-11-3-10-22-20(18)25/h3,5-13H,2,4,14H2,1H3. The minimum atomic E-state index is -0.248. The topological polar surface area (TPSA) is 35.1 Å². The number of halogens is 1. The van der Waals surface area contributed by atoms with Crippen molar-refractivity contribution < 1.29 is 4.39 Å². The highest BCUT2D eigenvalue weighted by Crippen LogP contribution is 2.26. The fourth-order valence-corrected chi connectivity index (χ4v) is 3.13.